The van der Waals surface area contributed by atoms with E-state index in [1.807, 2.05) is 0 Å². The quantitative estimate of drug-likeness (QED) is 0.139. The Morgan fingerprint density at radius 3 is 2.06 bits per heavy atom. The van der Waals surface area contributed by atoms with Gasteiger partial charge in [-0.1, -0.05) is 88.8 Å². The van der Waals surface area contributed by atoms with Crippen LogP contribution in [0.1, 0.15) is 22.5 Å². The number of hydrogen-bond donors (Lipinski definition) is 0. The molecular formula is C45H31BN6+2. The number of para-hydroxylation sites is 2. The smallest absolute Gasteiger partial charge is 0.319 e. The monoisotopic (exact) mass is 666 g/mol. The predicted molar refractivity (Wildman–Crippen MR) is 208 cm³/mol. The number of rotatable bonds is 2. The van der Waals surface area contributed by atoms with Crippen molar-refractivity contribution in [3.63, 3.8) is 0 Å². The normalized spacial score (nSPS) is 17.3. The van der Waals surface area contributed by atoms with Gasteiger partial charge >= 0.3 is 11.3 Å². The van der Waals surface area contributed by atoms with Crippen LogP contribution >= 0.6 is 0 Å². The Labute approximate surface area is 299 Å². The van der Waals surface area contributed by atoms with Crippen LogP contribution in [0.2, 0.25) is 0 Å². The standard InChI is InChI=1S/C45H31BN6/c1-28-42(47-26-23-46(24-27-47)30-12-4-3-5-13-30)29(2)52-45-40-37(19-10-20-39(40)51(28)52)49-35-17-8-6-14-31(35)33-21-22-38(41(45)43(33)49)50-36-18-9-7-15-32(36)34-16-11-25-48(45)44(34)50/h3-27H,1-2H3/q+2. The van der Waals surface area contributed by atoms with Gasteiger partial charge in [0.05, 0.1) is 28.3 Å². The third-order valence-electron chi connectivity index (χ3n) is 12.4. The molecule has 4 aliphatic rings. The van der Waals surface area contributed by atoms with E-state index in [4.69, 9.17) is 0 Å². The second kappa shape index (κ2) is 9.00. The lowest BCUT2D eigenvalue weighted by molar-refractivity contribution is -0.989. The van der Waals surface area contributed by atoms with Crippen LogP contribution in [0, 0.1) is 13.8 Å². The van der Waals surface area contributed by atoms with Gasteiger partial charge in [-0.2, -0.15) is 9.13 Å². The molecule has 0 aliphatic carbocycles. The highest BCUT2D eigenvalue weighted by atomic mass is 15.6. The summed E-state index contributed by atoms with van der Waals surface area (Å²) in [6, 6.07) is 44.8. The zero-order valence-electron chi connectivity index (χ0n) is 28.7. The molecule has 4 aromatic heterocycles. The van der Waals surface area contributed by atoms with Crippen LogP contribution in [0.3, 0.4) is 0 Å². The number of benzene rings is 5. The van der Waals surface area contributed by atoms with Crippen molar-refractivity contribution >= 4 is 61.6 Å². The second-order valence-corrected chi connectivity index (χ2v) is 14.7. The molecule has 1 spiro atoms. The van der Waals surface area contributed by atoms with E-state index in [1.54, 1.807) is 0 Å². The Morgan fingerprint density at radius 1 is 0.577 bits per heavy atom. The van der Waals surface area contributed by atoms with Gasteiger partial charge in [0.2, 0.25) is 12.4 Å². The lowest BCUT2D eigenvalue weighted by atomic mass is 9.45. The molecular weight excluding hydrogens is 635 g/mol. The van der Waals surface area contributed by atoms with Gasteiger partial charge in [0, 0.05) is 23.1 Å². The Kier molecular flexibility index (Phi) is 4.70. The summed E-state index contributed by atoms with van der Waals surface area (Å²) in [5.41, 5.74) is 15.6. The molecule has 0 radical (unpaired) electrons. The van der Waals surface area contributed by atoms with Crippen molar-refractivity contribution in [3.05, 3.63) is 174 Å². The molecule has 1 atom stereocenters. The van der Waals surface area contributed by atoms with Crippen LogP contribution in [0.4, 0.5) is 5.69 Å². The first kappa shape index (κ1) is 27.2. The van der Waals surface area contributed by atoms with Crippen molar-refractivity contribution in [1.82, 2.24) is 13.8 Å². The summed E-state index contributed by atoms with van der Waals surface area (Å²) in [5.74, 6) is 4.64. The molecule has 6 nitrogen and oxygen atoms in total. The van der Waals surface area contributed by atoms with Gasteiger partial charge in [-0.15, -0.1) is 4.68 Å². The number of pyridine rings is 1. The van der Waals surface area contributed by atoms with E-state index in [0.717, 1.165) is 0 Å². The molecule has 1 unspecified atom stereocenters. The minimum Gasteiger partial charge on any atom is -0.319 e. The largest absolute Gasteiger partial charge is 0.394 e. The van der Waals surface area contributed by atoms with Crippen LogP contribution in [0.25, 0.3) is 60.8 Å². The fraction of sp³-hybridized carbons (Fsp3) is 0.0667. The summed E-state index contributed by atoms with van der Waals surface area (Å²) < 4.78 is 12.8. The number of hydrogen-bond acceptors (Lipinski definition) is 1. The molecule has 5 aromatic carbocycles. The Bertz CT molecular complexity index is 3160. The molecule has 8 heterocycles. The molecule has 0 bridgehead atoms. The van der Waals surface area contributed by atoms with Gasteiger partial charge in [-0.25, -0.2) is 0 Å². The first-order valence-corrected chi connectivity index (χ1v) is 18.2. The highest BCUT2D eigenvalue weighted by Crippen LogP contribution is 2.54. The second-order valence-electron chi connectivity index (χ2n) is 14.7. The predicted octanol–water partition coefficient (Wildman–Crippen LogP) is 7.43. The highest BCUT2D eigenvalue weighted by molar-refractivity contribution is 6.82. The number of anilines is 1. The summed E-state index contributed by atoms with van der Waals surface area (Å²) in [6.07, 6.45) is 6.85. The van der Waals surface area contributed by atoms with Gasteiger partial charge in [-0.3, -0.25) is 0 Å². The Hall–Kier alpha value is -6.60. The Morgan fingerprint density at radius 2 is 1.25 bits per heavy atom. The van der Waals surface area contributed by atoms with Crippen molar-refractivity contribution in [2.24, 2.45) is 0 Å². The topological polar surface area (TPSA) is 25.8 Å². The zero-order valence-corrected chi connectivity index (χ0v) is 28.7. The summed E-state index contributed by atoms with van der Waals surface area (Å²) in [7, 11) is 0. The lowest BCUT2D eigenvalue weighted by Gasteiger charge is -2.33. The van der Waals surface area contributed by atoms with Gasteiger partial charge in [0.15, 0.2) is 5.69 Å². The van der Waals surface area contributed by atoms with Gasteiger partial charge in [-0.05, 0) is 73.9 Å². The van der Waals surface area contributed by atoms with Crippen LogP contribution in [-0.4, -0.2) is 20.5 Å². The molecule has 0 saturated carbocycles. The summed E-state index contributed by atoms with van der Waals surface area (Å²) in [6.45, 7) is 4.86. The van der Waals surface area contributed by atoms with Crippen LogP contribution in [0.5, 0.6) is 0 Å². The third kappa shape index (κ3) is 2.82. The van der Waals surface area contributed by atoms with Crippen molar-refractivity contribution in [3.8, 4) is 17.1 Å². The molecule has 0 fully saturated rings. The van der Waals surface area contributed by atoms with Gasteiger partial charge in [0.25, 0.3) is 0 Å². The van der Waals surface area contributed by atoms with E-state index in [9.17, 15) is 0 Å². The van der Waals surface area contributed by atoms with Crippen molar-refractivity contribution in [2.75, 3.05) is 4.90 Å². The molecule has 0 saturated heterocycles. The average molecular weight is 667 g/mol. The highest BCUT2D eigenvalue weighted by Gasteiger charge is 2.69. The minimum atomic E-state index is -0.683. The number of fused-ring (bicyclic) bond motifs is 10. The molecule has 9 aromatic rings. The van der Waals surface area contributed by atoms with Crippen LogP contribution in [-0.2, 0) is 5.66 Å². The van der Waals surface area contributed by atoms with Crippen LogP contribution in [0.15, 0.2) is 152 Å². The van der Waals surface area contributed by atoms with Crippen molar-refractivity contribution in [1.29, 1.82) is 0 Å². The van der Waals surface area contributed by atoms with E-state index < -0.39 is 5.66 Å². The molecule has 4 aliphatic heterocycles. The first-order chi connectivity index (χ1) is 25.7. The number of nitrogens with zero attached hydrogens (tertiary/aromatic N) is 6. The maximum atomic E-state index is 2.62. The average Bonchev–Trinajstić information content (AvgIpc) is 3.90. The van der Waals surface area contributed by atoms with Gasteiger partial charge < -0.3 is 9.47 Å². The fourth-order valence-electron chi connectivity index (χ4n) is 10.6. The maximum Gasteiger partial charge on any atom is 0.394 e. The molecule has 0 N–H and O–H groups in total. The van der Waals surface area contributed by atoms with Gasteiger partial charge in [0.1, 0.15) is 33.7 Å². The van der Waals surface area contributed by atoms with E-state index in [2.05, 4.69) is 194 Å². The molecule has 52 heavy (non-hydrogen) atoms. The SMILES string of the molecule is Cc1c(N2C=CB(c3ccccc3)C=C2)c(C)[n+]2n1-c1cccc3c1C21c2c(ccc4c5ccccc5n-3c24)-n2c3ccccc3c3ccc[n+]1c32. The Balaban J connectivity index is 1.20. The first-order valence-electron chi connectivity index (χ1n) is 18.2. The van der Waals surface area contributed by atoms with E-state index >= 15 is 0 Å². The zero-order chi connectivity index (χ0) is 34.0. The summed E-state index contributed by atoms with van der Waals surface area (Å²) >= 11 is 0. The molecule has 242 valence electrons. The molecule has 13 rings (SSSR count). The third-order valence-corrected chi connectivity index (χ3v) is 12.4. The van der Waals surface area contributed by atoms with E-state index in [-0.39, 0.29) is 6.71 Å². The van der Waals surface area contributed by atoms with Crippen LogP contribution < -0.4 is 19.6 Å². The van der Waals surface area contributed by atoms with E-state index in [1.165, 1.54) is 94.5 Å². The summed E-state index contributed by atoms with van der Waals surface area (Å²) in [5, 5.41) is 5.10. The van der Waals surface area contributed by atoms with Crippen molar-refractivity contribution < 1.29 is 9.25 Å². The minimum absolute atomic E-state index is 0.246. The van der Waals surface area contributed by atoms with E-state index in [0.29, 0.717) is 0 Å². The lowest BCUT2D eigenvalue weighted by Crippen LogP contribution is -2.77. The molecule has 0 amide bonds. The fourth-order valence-corrected chi connectivity index (χ4v) is 10.6. The number of aromatic nitrogens is 5. The maximum absolute atomic E-state index is 2.62. The van der Waals surface area contributed by atoms with Crippen molar-refractivity contribution in [2.45, 2.75) is 19.5 Å². The molecule has 7 heteroatoms. The summed E-state index contributed by atoms with van der Waals surface area (Å²) in [4.78, 5) is 2.33.